The first-order valence-electron chi connectivity index (χ1n) is 5.64. The SMILES string of the molecule is CCCCC1=C(CN(C)C)B(F)CC1. The van der Waals surface area contributed by atoms with Crippen molar-refractivity contribution in [2.75, 3.05) is 20.6 Å². The lowest BCUT2D eigenvalue weighted by Gasteiger charge is -2.13. The summed E-state index contributed by atoms with van der Waals surface area (Å²) in [4.78, 5) is 2.07. The monoisotopic (exact) mass is 197 g/mol. The van der Waals surface area contributed by atoms with E-state index >= 15 is 0 Å². The lowest BCUT2D eigenvalue weighted by Crippen LogP contribution is -2.21. The van der Waals surface area contributed by atoms with Crippen LogP contribution in [0.25, 0.3) is 0 Å². The normalized spacial score (nSPS) is 17.4. The molecule has 0 N–H and O–H groups in total. The van der Waals surface area contributed by atoms with Gasteiger partial charge in [0.2, 0.25) is 0 Å². The third-order valence-corrected chi connectivity index (χ3v) is 2.85. The number of allylic oxidation sites excluding steroid dienone is 1. The van der Waals surface area contributed by atoms with Crippen molar-refractivity contribution < 1.29 is 4.32 Å². The lowest BCUT2D eigenvalue weighted by atomic mass is 9.64. The second-order valence-electron chi connectivity index (χ2n) is 4.48. The molecule has 14 heavy (non-hydrogen) atoms. The van der Waals surface area contributed by atoms with Crippen LogP contribution in [0, 0.1) is 0 Å². The first-order valence-corrected chi connectivity index (χ1v) is 5.64. The van der Waals surface area contributed by atoms with Crippen LogP contribution in [0.15, 0.2) is 11.0 Å². The van der Waals surface area contributed by atoms with Gasteiger partial charge < -0.3 is 9.22 Å². The number of nitrogens with zero attached hydrogens (tertiary/aromatic N) is 1. The molecule has 0 saturated carbocycles. The number of rotatable bonds is 5. The molecule has 80 valence electrons. The molecule has 0 bridgehead atoms. The number of hydrogen-bond donors (Lipinski definition) is 0. The fourth-order valence-electron chi connectivity index (χ4n) is 2.08. The Morgan fingerprint density at radius 3 is 2.71 bits per heavy atom. The Morgan fingerprint density at radius 2 is 2.14 bits per heavy atom. The van der Waals surface area contributed by atoms with Gasteiger partial charge in [-0.15, -0.1) is 0 Å². The average Bonchev–Trinajstić information content (AvgIpc) is 2.45. The van der Waals surface area contributed by atoms with Crippen molar-refractivity contribution in [3.63, 3.8) is 0 Å². The Balaban J connectivity index is 2.59. The standard InChI is InChI=1S/C11H21BFN/c1-4-5-6-10-7-8-12(13)11(10)9-14(2)3/h4-9H2,1-3H3. The third-order valence-electron chi connectivity index (χ3n) is 2.85. The molecular formula is C11H21BFN. The minimum atomic E-state index is -0.663. The molecule has 0 unspecified atom stereocenters. The smallest absolute Gasteiger partial charge is 0.330 e. The van der Waals surface area contributed by atoms with Crippen molar-refractivity contribution in [2.45, 2.75) is 38.9 Å². The van der Waals surface area contributed by atoms with Crippen molar-refractivity contribution in [1.82, 2.24) is 4.90 Å². The van der Waals surface area contributed by atoms with E-state index in [1.807, 2.05) is 14.1 Å². The fraction of sp³-hybridized carbons (Fsp3) is 0.818. The highest BCUT2D eigenvalue weighted by atomic mass is 19.1. The highest BCUT2D eigenvalue weighted by Gasteiger charge is 2.29. The molecule has 1 nitrogen and oxygen atoms in total. The zero-order chi connectivity index (χ0) is 10.6. The van der Waals surface area contributed by atoms with E-state index in [1.165, 1.54) is 18.4 Å². The minimum absolute atomic E-state index is 0.663. The summed E-state index contributed by atoms with van der Waals surface area (Å²) >= 11 is 0. The van der Waals surface area contributed by atoms with Gasteiger partial charge in [0.25, 0.3) is 0 Å². The van der Waals surface area contributed by atoms with Crippen LogP contribution in [-0.4, -0.2) is 32.5 Å². The van der Waals surface area contributed by atoms with E-state index in [0.29, 0.717) is 0 Å². The molecule has 0 amide bonds. The third kappa shape index (κ3) is 3.12. The van der Waals surface area contributed by atoms with Crippen LogP contribution in [0.3, 0.4) is 0 Å². The molecule has 1 aliphatic heterocycles. The zero-order valence-electron chi connectivity index (χ0n) is 9.65. The molecule has 1 rings (SSSR count). The van der Waals surface area contributed by atoms with E-state index in [0.717, 1.165) is 31.2 Å². The van der Waals surface area contributed by atoms with Gasteiger partial charge in [0.05, 0.1) is 0 Å². The van der Waals surface area contributed by atoms with Gasteiger partial charge in [-0.2, -0.15) is 0 Å². The average molecular weight is 197 g/mol. The van der Waals surface area contributed by atoms with Crippen molar-refractivity contribution in [3.8, 4) is 0 Å². The van der Waals surface area contributed by atoms with Crippen LogP contribution in [0.5, 0.6) is 0 Å². The van der Waals surface area contributed by atoms with Gasteiger partial charge in [0, 0.05) is 6.54 Å². The van der Waals surface area contributed by atoms with Crippen LogP contribution in [0.4, 0.5) is 4.32 Å². The first-order chi connectivity index (χ1) is 6.65. The van der Waals surface area contributed by atoms with Crippen LogP contribution in [0.2, 0.25) is 6.32 Å². The van der Waals surface area contributed by atoms with E-state index in [2.05, 4.69) is 11.8 Å². The molecule has 0 aromatic rings. The topological polar surface area (TPSA) is 3.24 Å². The van der Waals surface area contributed by atoms with Gasteiger partial charge in [-0.05, 0) is 39.7 Å². The summed E-state index contributed by atoms with van der Waals surface area (Å²) in [7, 11) is 4.02. The molecule has 0 aromatic carbocycles. The Morgan fingerprint density at radius 1 is 1.43 bits per heavy atom. The summed E-state index contributed by atoms with van der Waals surface area (Å²) in [5.41, 5.74) is 2.47. The molecule has 0 aliphatic carbocycles. The van der Waals surface area contributed by atoms with Gasteiger partial charge in [0.1, 0.15) is 0 Å². The second-order valence-corrected chi connectivity index (χ2v) is 4.48. The molecule has 0 atom stereocenters. The molecule has 0 fully saturated rings. The van der Waals surface area contributed by atoms with Crippen molar-refractivity contribution in [2.24, 2.45) is 0 Å². The molecule has 1 heterocycles. The quantitative estimate of drug-likeness (QED) is 0.612. The second kappa shape index (κ2) is 5.55. The van der Waals surface area contributed by atoms with Crippen molar-refractivity contribution >= 4 is 6.99 Å². The molecule has 1 aliphatic rings. The lowest BCUT2D eigenvalue weighted by molar-refractivity contribution is 0.449. The van der Waals surface area contributed by atoms with Gasteiger partial charge in [-0.25, -0.2) is 0 Å². The van der Waals surface area contributed by atoms with Gasteiger partial charge in [0.15, 0.2) is 0 Å². The summed E-state index contributed by atoms with van der Waals surface area (Å²) in [5, 5.41) is 0. The maximum atomic E-state index is 13.5. The summed E-state index contributed by atoms with van der Waals surface area (Å²) in [5.74, 6) is 0. The summed E-state index contributed by atoms with van der Waals surface area (Å²) < 4.78 is 13.5. The van der Waals surface area contributed by atoms with Crippen LogP contribution in [0.1, 0.15) is 32.6 Å². The van der Waals surface area contributed by atoms with E-state index in [-0.39, 0.29) is 0 Å². The Bertz CT molecular complexity index is 213. The van der Waals surface area contributed by atoms with Crippen LogP contribution in [-0.2, 0) is 0 Å². The summed E-state index contributed by atoms with van der Waals surface area (Å²) in [6, 6.07) is 0. The maximum Gasteiger partial charge on any atom is 0.378 e. The van der Waals surface area contributed by atoms with Gasteiger partial charge >= 0.3 is 6.99 Å². The predicted molar refractivity (Wildman–Crippen MR) is 61.4 cm³/mol. The highest BCUT2D eigenvalue weighted by molar-refractivity contribution is 6.61. The number of hydrogen-bond acceptors (Lipinski definition) is 1. The molecule has 3 heteroatoms. The first kappa shape index (κ1) is 11.8. The Labute approximate surface area is 87.5 Å². The zero-order valence-corrected chi connectivity index (χ0v) is 9.65. The highest BCUT2D eigenvalue weighted by Crippen LogP contribution is 2.30. The molecule has 0 aromatic heterocycles. The molecule has 0 spiro atoms. The van der Waals surface area contributed by atoms with Crippen molar-refractivity contribution in [1.29, 1.82) is 0 Å². The van der Waals surface area contributed by atoms with Gasteiger partial charge in [-0.3, -0.25) is 0 Å². The van der Waals surface area contributed by atoms with E-state index in [9.17, 15) is 4.32 Å². The number of likely N-dealkylation sites (N-methyl/N-ethyl adjacent to an activating group) is 1. The minimum Gasteiger partial charge on any atom is -0.330 e. The van der Waals surface area contributed by atoms with E-state index < -0.39 is 6.99 Å². The van der Waals surface area contributed by atoms with E-state index in [4.69, 9.17) is 0 Å². The van der Waals surface area contributed by atoms with Crippen LogP contribution >= 0.6 is 0 Å². The largest absolute Gasteiger partial charge is 0.378 e. The van der Waals surface area contributed by atoms with Crippen LogP contribution < -0.4 is 0 Å². The van der Waals surface area contributed by atoms with Gasteiger partial charge in [-0.1, -0.05) is 24.4 Å². The molecule has 0 radical (unpaired) electrons. The summed E-state index contributed by atoms with van der Waals surface area (Å²) in [6.07, 6.45) is 5.24. The fourth-order valence-corrected chi connectivity index (χ4v) is 2.08. The van der Waals surface area contributed by atoms with Crippen molar-refractivity contribution in [3.05, 3.63) is 11.0 Å². The molecular weight excluding hydrogens is 176 g/mol. The van der Waals surface area contributed by atoms with E-state index in [1.54, 1.807) is 0 Å². The number of halogens is 1. The maximum absolute atomic E-state index is 13.5. The molecule has 0 saturated heterocycles. The Hall–Kier alpha value is -0.305. The predicted octanol–water partition coefficient (Wildman–Crippen LogP) is 2.94. The Kier molecular flexibility index (Phi) is 4.66. The summed E-state index contributed by atoms with van der Waals surface area (Å²) in [6.45, 7) is 2.33. The number of unbranched alkanes of at least 4 members (excludes halogenated alkanes) is 1.